The predicted molar refractivity (Wildman–Crippen MR) is 87.4 cm³/mol. The van der Waals surface area contributed by atoms with Crippen LogP contribution < -0.4 is 10.5 Å². The first-order valence-corrected chi connectivity index (χ1v) is 8.54. The molecular weight excluding hydrogens is 284 g/mol. The van der Waals surface area contributed by atoms with Crippen molar-refractivity contribution in [2.75, 3.05) is 5.75 Å². The molecular formula is C16H24N2O2S. The van der Waals surface area contributed by atoms with Gasteiger partial charge in [-0.2, -0.15) is 0 Å². The lowest BCUT2D eigenvalue weighted by Gasteiger charge is -2.28. The number of nitrogens with two attached hydrogens (primary N) is 1. The van der Waals surface area contributed by atoms with Crippen LogP contribution in [0, 0.1) is 5.92 Å². The van der Waals surface area contributed by atoms with Crippen molar-refractivity contribution < 1.29 is 9.94 Å². The lowest BCUT2D eigenvalue weighted by molar-refractivity contribution is 0.135. The summed E-state index contributed by atoms with van der Waals surface area (Å²) in [4.78, 5) is 0.995. The van der Waals surface area contributed by atoms with Gasteiger partial charge in [-0.3, -0.25) is 0 Å². The molecule has 3 N–H and O–H groups in total. The van der Waals surface area contributed by atoms with E-state index in [-0.39, 0.29) is 11.9 Å². The van der Waals surface area contributed by atoms with Gasteiger partial charge < -0.3 is 15.7 Å². The van der Waals surface area contributed by atoms with E-state index in [1.165, 1.54) is 12.8 Å². The monoisotopic (exact) mass is 308 g/mol. The fourth-order valence-electron chi connectivity index (χ4n) is 2.71. The summed E-state index contributed by atoms with van der Waals surface area (Å²) in [5.41, 5.74) is 6.57. The summed E-state index contributed by atoms with van der Waals surface area (Å²) in [6.45, 7) is 4.37. The zero-order chi connectivity index (χ0) is 15.2. The Labute approximate surface area is 130 Å². The Morgan fingerprint density at radius 2 is 2.10 bits per heavy atom. The van der Waals surface area contributed by atoms with Crippen LogP contribution in [0.5, 0.6) is 5.75 Å². The lowest BCUT2D eigenvalue weighted by atomic mass is 9.89. The Morgan fingerprint density at radius 1 is 1.38 bits per heavy atom. The van der Waals surface area contributed by atoms with Crippen molar-refractivity contribution in [3.8, 4) is 5.75 Å². The van der Waals surface area contributed by atoms with Gasteiger partial charge in [-0.15, -0.1) is 11.8 Å². The molecule has 2 rings (SSSR count). The van der Waals surface area contributed by atoms with Gasteiger partial charge in [-0.05, 0) is 49.5 Å². The summed E-state index contributed by atoms with van der Waals surface area (Å²) in [5.74, 6) is 2.56. The number of hydrogen-bond donors (Lipinski definition) is 2. The van der Waals surface area contributed by atoms with Crippen LogP contribution in [0.2, 0.25) is 0 Å². The van der Waals surface area contributed by atoms with E-state index >= 15 is 0 Å². The molecule has 0 amide bonds. The van der Waals surface area contributed by atoms with Crippen LogP contribution in [0.25, 0.3) is 0 Å². The van der Waals surface area contributed by atoms with Gasteiger partial charge in [0.2, 0.25) is 0 Å². The zero-order valence-electron chi connectivity index (χ0n) is 12.7. The average molecular weight is 308 g/mol. The second-order valence-corrected chi connectivity index (χ2v) is 6.85. The van der Waals surface area contributed by atoms with Crippen LogP contribution in [0.15, 0.2) is 28.3 Å². The first kappa shape index (κ1) is 16.0. The molecule has 116 valence electrons. The van der Waals surface area contributed by atoms with E-state index < -0.39 is 0 Å². The molecule has 0 unspecified atom stereocenters. The number of hydrogen-bond acceptors (Lipinski definition) is 4. The van der Waals surface area contributed by atoms with Crippen molar-refractivity contribution >= 4 is 17.6 Å². The topological polar surface area (TPSA) is 67.8 Å². The molecule has 0 aliphatic heterocycles. The molecule has 0 bridgehead atoms. The van der Waals surface area contributed by atoms with Gasteiger partial charge in [0.25, 0.3) is 0 Å². The summed E-state index contributed by atoms with van der Waals surface area (Å²) in [7, 11) is 0. The van der Waals surface area contributed by atoms with Crippen LogP contribution in [0.3, 0.4) is 0 Å². The van der Waals surface area contributed by atoms with E-state index in [2.05, 4.69) is 19.0 Å². The average Bonchev–Trinajstić information content (AvgIpc) is 2.49. The van der Waals surface area contributed by atoms with Gasteiger partial charge in [-0.25, -0.2) is 0 Å². The summed E-state index contributed by atoms with van der Waals surface area (Å²) in [6, 6.07) is 5.86. The minimum atomic E-state index is 0.116. The Hall–Kier alpha value is -1.36. The fraction of sp³-hybridized carbons (Fsp3) is 0.562. The number of nitrogens with zero attached hydrogens (tertiary/aromatic N) is 1. The minimum absolute atomic E-state index is 0.116. The summed E-state index contributed by atoms with van der Waals surface area (Å²) < 4.78 is 6.16. The lowest BCUT2D eigenvalue weighted by Crippen LogP contribution is -2.25. The van der Waals surface area contributed by atoms with Gasteiger partial charge in [0.05, 0.1) is 11.7 Å². The first-order valence-electron chi connectivity index (χ1n) is 7.56. The largest absolute Gasteiger partial charge is 0.490 e. The Bertz CT molecular complexity index is 497. The van der Waals surface area contributed by atoms with Gasteiger partial charge in [-0.1, -0.05) is 25.1 Å². The molecule has 0 spiro atoms. The maximum atomic E-state index is 9.04. The molecule has 1 saturated carbocycles. The maximum absolute atomic E-state index is 9.04. The zero-order valence-corrected chi connectivity index (χ0v) is 13.5. The third-order valence-electron chi connectivity index (χ3n) is 3.91. The van der Waals surface area contributed by atoms with Crippen LogP contribution in [0.4, 0.5) is 0 Å². The van der Waals surface area contributed by atoms with Crippen LogP contribution in [0.1, 0.15) is 45.1 Å². The second kappa shape index (κ2) is 7.59. The number of rotatable bonds is 5. The molecule has 21 heavy (non-hydrogen) atoms. The quantitative estimate of drug-likeness (QED) is 0.285. The van der Waals surface area contributed by atoms with E-state index in [4.69, 9.17) is 15.7 Å². The van der Waals surface area contributed by atoms with Gasteiger partial charge >= 0.3 is 0 Å². The normalized spacial score (nSPS) is 23.0. The SMILES string of the molecule is CCSc1cccc(OC2CCC(C)CC2)c1/C(N)=N/O. The summed E-state index contributed by atoms with van der Waals surface area (Å²) in [6.07, 6.45) is 4.78. The second-order valence-electron chi connectivity index (χ2n) is 5.55. The third kappa shape index (κ3) is 4.06. The molecule has 1 aromatic carbocycles. The van der Waals surface area contributed by atoms with Crippen LogP contribution >= 0.6 is 11.8 Å². The molecule has 0 radical (unpaired) electrons. The van der Waals surface area contributed by atoms with E-state index in [9.17, 15) is 0 Å². The van der Waals surface area contributed by atoms with Crippen molar-refractivity contribution in [1.29, 1.82) is 0 Å². The molecule has 5 heteroatoms. The minimum Gasteiger partial charge on any atom is -0.490 e. The van der Waals surface area contributed by atoms with Crippen molar-refractivity contribution in [2.24, 2.45) is 16.8 Å². The Kier molecular flexibility index (Phi) is 5.79. The smallest absolute Gasteiger partial charge is 0.174 e. The molecule has 0 saturated heterocycles. The molecule has 1 aliphatic carbocycles. The number of amidine groups is 1. The Morgan fingerprint density at radius 3 is 2.71 bits per heavy atom. The van der Waals surface area contributed by atoms with E-state index in [1.54, 1.807) is 11.8 Å². The first-order chi connectivity index (χ1) is 10.2. The highest BCUT2D eigenvalue weighted by Crippen LogP contribution is 2.33. The number of thioether (sulfide) groups is 1. The van der Waals surface area contributed by atoms with E-state index in [0.29, 0.717) is 5.56 Å². The number of oxime groups is 1. The van der Waals surface area contributed by atoms with Crippen molar-refractivity contribution in [3.05, 3.63) is 23.8 Å². The third-order valence-corrected chi connectivity index (χ3v) is 4.85. The standard InChI is InChI=1S/C16H24N2O2S/c1-3-21-14-6-4-5-13(15(14)16(17)18-19)20-12-9-7-11(2)8-10-12/h4-6,11-12,19H,3,7-10H2,1-2H3,(H2,17,18). The van der Waals surface area contributed by atoms with Gasteiger partial charge in [0.15, 0.2) is 5.84 Å². The molecule has 4 nitrogen and oxygen atoms in total. The van der Waals surface area contributed by atoms with Crippen molar-refractivity contribution in [2.45, 2.75) is 50.5 Å². The molecule has 1 fully saturated rings. The molecule has 0 heterocycles. The van der Waals surface area contributed by atoms with Gasteiger partial charge in [0.1, 0.15) is 5.75 Å². The number of benzene rings is 1. The molecule has 1 aliphatic rings. The van der Waals surface area contributed by atoms with E-state index in [0.717, 1.165) is 35.2 Å². The van der Waals surface area contributed by atoms with Crippen LogP contribution in [-0.4, -0.2) is 22.9 Å². The fourth-order valence-corrected chi connectivity index (χ4v) is 3.55. The number of ether oxygens (including phenoxy) is 1. The van der Waals surface area contributed by atoms with E-state index in [1.807, 2.05) is 18.2 Å². The van der Waals surface area contributed by atoms with Crippen molar-refractivity contribution in [1.82, 2.24) is 0 Å². The highest BCUT2D eigenvalue weighted by Gasteiger charge is 2.22. The highest BCUT2D eigenvalue weighted by atomic mass is 32.2. The highest BCUT2D eigenvalue weighted by molar-refractivity contribution is 7.99. The molecule has 0 atom stereocenters. The predicted octanol–water partition coefficient (Wildman–Crippen LogP) is 3.85. The van der Waals surface area contributed by atoms with Gasteiger partial charge in [0, 0.05) is 4.90 Å². The molecule has 1 aromatic rings. The summed E-state index contributed by atoms with van der Waals surface area (Å²) in [5, 5.41) is 12.2. The maximum Gasteiger partial charge on any atom is 0.174 e. The molecule has 0 aromatic heterocycles. The summed E-state index contributed by atoms with van der Waals surface area (Å²) >= 11 is 1.67. The Balaban J connectivity index is 2.23. The van der Waals surface area contributed by atoms with Crippen molar-refractivity contribution in [3.63, 3.8) is 0 Å². The van der Waals surface area contributed by atoms with Crippen LogP contribution in [-0.2, 0) is 0 Å².